The number of hydrogen-bond acceptors (Lipinski definition) is 5. The van der Waals surface area contributed by atoms with Gasteiger partial charge in [-0.05, 0) is 36.1 Å². The molecule has 0 aliphatic heterocycles. The van der Waals surface area contributed by atoms with Crippen molar-refractivity contribution >= 4 is 27.2 Å². The molecular formula is C15H15N3O2S. The molecule has 1 aromatic carbocycles. The van der Waals surface area contributed by atoms with Crippen molar-refractivity contribution in [3.63, 3.8) is 0 Å². The summed E-state index contributed by atoms with van der Waals surface area (Å²) >= 11 is 1.43. The van der Waals surface area contributed by atoms with Crippen LogP contribution < -0.4 is 16.0 Å². The lowest BCUT2D eigenvalue weighted by Gasteiger charge is -2.11. The fourth-order valence-electron chi connectivity index (χ4n) is 2.28. The second-order valence-electron chi connectivity index (χ2n) is 4.85. The van der Waals surface area contributed by atoms with Crippen LogP contribution >= 0.6 is 11.3 Å². The standard InChI is InChI=1S/C15H15N3O2S/c1-9-7-21-14-13(9)17-8-18(15(14)19)6-10-5-11(16)3-4-12(10)20-2/h3-5,7-8H,6,16H2,1-2H3. The molecule has 3 rings (SSSR count). The molecule has 21 heavy (non-hydrogen) atoms. The predicted octanol–water partition coefficient (Wildman–Crippen LogP) is 2.41. The summed E-state index contributed by atoms with van der Waals surface area (Å²) in [5.74, 6) is 0.707. The number of hydrogen-bond donors (Lipinski definition) is 1. The molecule has 108 valence electrons. The molecule has 5 nitrogen and oxygen atoms in total. The number of anilines is 1. The van der Waals surface area contributed by atoms with Crippen molar-refractivity contribution in [2.45, 2.75) is 13.5 Å². The molecule has 6 heteroatoms. The first kappa shape index (κ1) is 13.6. The summed E-state index contributed by atoms with van der Waals surface area (Å²) in [6.45, 7) is 2.34. The molecule has 0 saturated heterocycles. The van der Waals surface area contributed by atoms with E-state index in [1.165, 1.54) is 11.3 Å². The van der Waals surface area contributed by atoms with E-state index in [0.717, 1.165) is 16.6 Å². The highest BCUT2D eigenvalue weighted by atomic mass is 32.1. The summed E-state index contributed by atoms with van der Waals surface area (Å²) in [7, 11) is 1.60. The Bertz CT molecular complexity index is 867. The van der Waals surface area contributed by atoms with E-state index in [9.17, 15) is 4.79 Å². The third-order valence-corrected chi connectivity index (χ3v) is 4.44. The number of nitrogens with two attached hydrogens (primary N) is 1. The Kier molecular flexibility index (Phi) is 3.39. The quantitative estimate of drug-likeness (QED) is 0.754. The van der Waals surface area contributed by atoms with E-state index in [4.69, 9.17) is 10.5 Å². The first-order valence-corrected chi connectivity index (χ1v) is 7.33. The van der Waals surface area contributed by atoms with Gasteiger partial charge in [0, 0.05) is 11.3 Å². The fraction of sp³-hybridized carbons (Fsp3) is 0.200. The summed E-state index contributed by atoms with van der Waals surface area (Å²) in [5.41, 5.74) is 9.07. The highest BCUT2D eigenvalue weighted by Gasteiger charge is 2.10. The Morgan fingerprint density at radius 2 is 2.24 bits per heavy atom. The van der Waals surface area contributed by atoms with Crippen LogP contribution in [0.25, 0.3) is 10.2 Å². The van der Waals surface area contributed by atoms with Crippen LogP contribution in [0.1, 0.15) is 11.1 Å². The van der Waals surface area contributed by atoms with Gasteiger partial charge in [0.25, 0.3) is 5.56 Å². The smallest absolute Gasteiger partial charge is 0.271 e. The van der Waals surface area contributed by atoms with Crippen molar-refractivity contribution in [2.24, 2.45) is 0 Å². The molecular weight excluding hydrogens is 286 g/mol. The lowest BCUT2D eigenvalue weighted by atomic mass is 10.1. The average molecular weight is 301 g/mol. The van der Waals surface area contributed by atoms with Crippen LogP contribution in [0.15, 0.2) is 34.7 Å². The third kappa shape index (κ3) is 2.38. The van der Waals surface area contributed by atoms with Crippen LogP contribution in [0.2, 0.25) is 0 Å². The van der Waals surface area contributed by atoms with Gasteiger partial charge in [-0.15, -0.1) is 11.3 Å². The Morgan fingerprint density at radius 1 is 1.43 bits per heavy atom. The molecule has 2 N–H and O–H groups in total. The van der Waals surface area contributed by atoms with Crippen LogP contribution in [-0.2, 0) is 6.54 Å². The van der Waals surface area contributed by atoms with Gasteiger partial charge in [0.1, 0.15) is 10.4 Å². The summed E-state index contributed by atoms with van der Waals surface area (Å²) in [6.07, 6.45) is 1.58. The first-order chi connectivity index (χ1) is 10.1. The van der Waals surface area contributed by atoms with Gasteiger partial charge >= 0.3 is 0 Å². The number of fused-ring (bicyclic) bond motifs is 1. The van der Waals surface area contributed by atoms with Gasteiger partial charge in [-0.3, -0.25) is 9.36 Å². The molecule has 0 aliphatic rings. The van der Waals surface area contributed by atoms with Crippen LogP contribution in [0.3, 0.4) is 0 Å². The van der Waals surface area contributed by atoms with E-state index >= 15 is 0 Å². The summed E-state index contributed by atoms with van der Waals surface area (Å²) in [4.78, 5) is 16.9. The van der Waals surface area contributed by atoms with E-state index in [-0.39, 0.29) is 5.56 Å². The molecule has 0 bridgehead atoms. The minimum atomic E-state index is -0.0393. The molecule has 0 saturated carbocycles. The summed E-state index contributed by atoms with van der Waals surface area (Å²) in [6, 6.07) is 5.39. The second-order valence-corrected chi connectivity index (χ2v) is 5.73. The highest BCUT2D eigenvalue weighted by molar-refractivity contribution is 7.17. The van der Waals surface area contributed by atoms with Crippen LogP contribution in [0.5, 0.6) is 5.75 Å². The Hall–Kier alpha value is -2.34. The molecule has 0 fully saturated rings. The minimum Gasteiger partial charge on any atom is -0.496 e. The average Bonchev–Trinajstić information content (AvgIpc) is 2.84. The lowest BCUT2D eigenvalue weighted by molar-refractivity contribution is 0.408. The Labute approximate surface area is 125 Å². The van der Waals surface area contributed by atoms with Gasteiger partial charge in [0.2, 0.25) is 0 Å². The van der Waals surface area contributed by atoms with Gasteiger partial charge in [0.15, 0.2) is 0 Å². The number of nitrogen functional groups attached to an aromatic ring is 1. The van der Waals surface area contributed by atoms with Gasteiger partial charge in [-0.25, -0.2) is 4.98 Å². The second kappa shape index (κ2) is 5.21. The van der Waals surface area contributed by atoms with Gasteiger partial charge in [0.05, 0.1) is 25.5 Å². The van der Waals surface area contributed by atoms with Gasteiger partial charge < -0.3 is 10.5 Å². The summed E-state index contributed by atoms with van der Waals surface area (Å²) < 4.78 is 7.57. The van der Waals surface area contributed by atoms with Crippen molar-refractivity contribution in [2.75, 3.05) is 12.8 Å². The van der Waals surface area contributed by atoms with Crippen LogP contribution in [-0.4, -0.2) is 16.7 Å². The Morgan fingerprint density at radius 3 is 3.00 bits per heavy atom. The Balaban J connectivity index is 2.08. The molecule has 0 atom stereocenters. The number of rotatable bonds is 3. The van der Waals surface area contributed by atoms with E-state index in [1.54, 1.807) is 30.1 Å². The number of nitrogens with zero attached hydrogens (tertiary/aromatic N) is 2. The normalized spacial score (nSPS) is 11.0. The van der Waals surface area contributed by atoms with Crippen LogP contribution in [0, 0.1) is 6.92 Å². The predicted molar refractivity (Wildman–Crippen MR) is 85.1 cm³/mol. The third-order valence-electron chi connectivity index (χ3n) is 3.37. The van der Waals surface area contributed by atoms with E-state index in [2.05, 4.69) is 4.98 Å². The fourth-order valence-corrected chi connectivity index (χ4v) is 3.23. The van der Waals surface area contributed by atoms with E-state index in [0.29, 0.717) is 22.7 Å². The topological polar surface area (TPSA) is 70.1 Å². The molecule has 0 unspecified atom stereocenters. The first-order valence-electron chi connectivity index (χ1n) is 6.46. The largest absolute Gasteiger partial charge is 0.496 e. The van der Waals surface area contributed by atoms with Gasteiger partial charge in [-0.1, -0.05) is 0 Å². The van der Waals surface area contributed by atoms with Gasteiger partial charge in [-0.2, -0.15) is 0 Å². The number of thiophene rings is 1. The van der Waals surface area contributed by atoms with Crippen molar-refractivity contribution in [3.8, 4) is 5.75 Å². The van der Waals surface area contributed by atoms with Crippen molar-refractivity contribution in [1.82, 2.24) is 9.55 Å². The monoisotopic (exact) mass is 301 g/mol. The number of benzene rings is 1. The van der Waals surface area contributed by atoms with Crippen molar-refractivity contribution < 1.29 is 4.74 Å². The van der Waals surface area contributed by atoms with E-state index < -0.39 is 0 Å². The number of aryl methyl sites for hydroxylation is 1. The maximum Gasteiger partial charge on any atom is 0.271 e. The SMILES string of the molecule is COc1ccc(N)cc1Cn1cnc2c(C)csc2c1=O. The van der Waals surface area contributed by atoms with Crippen LogP contribution in [0.4, 0.5) is 5.69 Å². The maximum absolute atomic E-state index is 12.5. The molecule has 0 amide bonds. The minimum absolute atomic E-state index is 0.0393. The molecule has 0 radical (unpaired) electrons. The maximum atomic E-state index is 12.5. The highest BCUT2D eigenvalue weighted by Crippen LogP contribution is 2.23. The molecule has 0 aliphatic carbocycles. The molecule has 3 aromatic rings. The zero-order valence-electron chi connectivity index (χ0n) is 11.8. The lowest BCUT2D eigenvalue weighted by Crippen LogP contribution is -2.20. The molecule has 2 heterocycles. The van der Waals surface area contributed by atoms with Crippen molar-refractivity contribution in [1.29, 1.82) is 0 Å². The number of ether oxygens (including phenoxy) is 1. The zero-order valence-corrected chi connectivity index (χ0v) is 12.6. The molecule has 2 aromatic heterocycles. The number of aromatic nitrogens is 2. The van der Waals surface area contributed by atoms with E-state index in [1.807, 2.05) is 18.4 Å². The summed E-state index contributed by atoms with van der Waals surface area (Å²) in [5, 5.41) is 1.95. The van der Waals surface area contributed by atoms with Crippen molar-refractivity contribution in [3.05, 3.63) is 51.4 Å². The molecule has 0 spiro atoms. The zero-order chi connectivity index (χ0) is 15.0. The number of methoxy groups -OCH3 is 1.